The number of hydrogen-bond acceptors (Lipinski definition) is 5. The van der Waals surface area contributed by atoms with Crippen LogP contribution in [-0.2, 0) is 34.0 Å². The van der Waals surface area contributed by atoms with Crippen molar-refractivity contribution in [2.45, 2.75) is 36.6 Å². The first-order valence-corrected chi connectivity index (χ1v) is 18.0. The third kappa shape index (κ3) is 7.57. The van der Waals surface area contributed by atoms with Gasteiger partial charge in [-0.25, -0.2) is 17.9 Å². The van der Waals surface area contributed by atoms with Crippen LogP contribution in [0, 0.1) is 0 Å². The second kappa shape index (κ2) is 15.1. The Hall–Kier alpha value is -4.89. The number of nitrogens with one attached hydrogen (secondary N) is 1. The van der Waals surface area contributed by atoms with E-state index in [-0.39, 0.29) is 29.2 Å². The molecular formula is C40H37ClN2O5S. The number of carbonyl (C=O) groups excluding carboxylic acids is 1. The van der Waals surface area contributed by atoms with Crippen molar-refractivity contribution in [1.82, 2.24) is 9.29 Å². The lowest BCUT2D eigenvalue weighted by atomic mass is 9.97. The van der Waals surface area contributed by atoms with E-state index in [9.17, 15) is 18.3 Å². The Morgan fingerprint density at radius 2 is 1.45 bits per heavy atom. The molecule has 0 spiro atoms. The number of para-hydroxylation sites is 1. The van der Waals surface area contributed by atoms with Crippen LogP contribution in [0.5, 0.6) is 5.75 Å². The monoisotopic (exact) mass is 692 g/mol. The van der Waals surface area contributed by atoms with Crippen molar-refractivity contribution < 1.29 is 23.1 Å². The normalized spacial score (nSPS) is 11.7. The Bertz CT molecular complexity index is 2130. The van der Waals surface area contributed by atoms with Gasteiger partial charge in [0.25, 0.3) is 0 Å². The minimum absolute atomic E-state index is 0.110. The number of aryl methyl sites for hydroxylation is 2. The number of carbonyl (C=O) groups is 1. The maximum atomic E-state index is 13.3. The summed E-state index contributed by atoms with van der Waals surface area (Å²) in [5, 5.41) is 11.9. The maximum absolute atomic E-state index is 13.3. The number of sulfonamides is 1. The predicted molar refractivity (Wildman–Crippen MR) is 194 cm³/mol. The quantitative estimate of drug-likeness (QED) is 0.119. The van der Waals surface area contributed by atoms with Gasteiger partial charge in [-0.3, -0.25) is 0 Å². The van der Waals surface area contributed by atoms with Gasteiger partial charge in [-0.05, 0) is 84.0 Å². The van der Waals surface area contributed by atoms with E-state index in [0.29, 0.717) is 23.4 Å². The molecule has 2 N–H and O–H groups in total. The van der Waals surface area contributed by atoms with Crippen LogP contribution in [0.1, 0.15) is 50.8 Å². The number of methoxy groups -OCH3 is 1. The van der Waals surface area contributed by atoms with Crippen molar-refractivity contribution in [3.63, 3.8) is 0 Å². The molecule has 0 aliphatic carbocycles. The molecule has 5 aromatic carbocycles. The summed E-state index contributed by atoms with van der Waals surface area (Å²) in [7, 11) is -2.61. The molecule has 250 valence electrons. The lowest BCUT2D eigenvalue weighted by molar-refractivity contribution is 0.0600. The molecule has 6 aromatic rings. The molecule has 0 fully saturated rings. The van der Waals surface area contributed by atoms with Gasteiger partial charge in [0.2, 0.25) is 10.0 Å². The highest BCUT2D eigenvalue weighted by molar-refractivity contribution is 7.89. The molecule has 0 saturated carbocycles. The Labute approximate surface area is 291 Å². The van der Waals surface area contributed by atoms with Gasteiger partial charge in [0.05, 0.1) is 18.7 Å². The molecule has 0 atom stereocenters. The number of nitrogens with zero attached hydrogens (tertiary/aromatic N) is 1. The van der Waals surface area contributed by atoms with Crippen molar-refractivity contribution in [2.24, 2.45) is 0 Å². The third-order valence-corrected chi connectivity index (χ3v) is 10.5. The van der Waals surface area contributed by atoms with Crippen LogP contribution < -0.4 is 4.72 Å². The van der Waals surface area contributed by atoms with Gasteiger partial charge < -0.3 is 14.4 Å². The number of esters is 1. The summed E-state index contributed by atoms with van der Waals surface area (Å²) in [6.07, 6.45) is 2.68. The third-order valence-electron chi connectivity index (χ3n) is 8.75. The van der Waals surface area contributed by atoms with Gasteiger partial charge in [-0.2, -0.15) is 0 Å². The Balaban J connectivity index is 1.42. The molecule has 1 heterocycles. The highest BCUT2D eigenvalue weighted by atomic mass is 35.5. The first kappa shape index (κ1) is 34.0. The lowest BCUT2D eigenvalue weighted by Gasteiger charge is -2.25. The number of rotatable bonds is 13. The van der Waals surface area contributed by atoms with E-state index in [2.05, 4.69) is 33.6 Å². The number of aromatic nitrogens is 1. The first-order valence-electron chi connectivity index (χ1n) is 16.1. The fourth-order valence-electron chi connectivity index (χ4n) is 6.47. The molecule has 0 radical (unpaired) electrons. The highest BCUT2D eigenvalue weighted by Gasteiger charge is 2.26. The fraction of sp³-hybridized carbons (Fsp3) is 0.175. The second-order valence-corrected chi connectivity index (χ2v) is 14.0. The number of hydrogen-bond donors (Lipinski definition) is 2. The van der Waals surface area contributed by atoms with Gasteiger partial charge in [0.15, 0.2) is 0 Å². The molecular weight excluding hydrogens is 656 g/mol. The zero-order valence-electron chi connectivity index (χ0n) is 27.1. The predicted octanol–water partition coefficient (Wildman–Crippen LogP) is 8.12. The zero-order chi connectivity index (χ0) is 34.4. The van der Waals surface area contributed by atoms with E-state index in [0.717, 1.165) is 51.7 Å². The first-order chi connectivity index (χ1) is 23.8. The van der Waals surface area contributed by atoms with Crippen molar-refractivity contribution in [1.29, 1.82) is 0 Å². The standard InChI is InChI=1S/C40H37ClN2O5S/c1-48-40(45)31-21-19-28(20-22-31)11-10-16-33-34-27-32(41)23-24-35(34)43(39(29-12-4-2-5-13-29)30-14-6-3-7-15-30)36(33)25-26-42-49(46,47)38-18-9-8-17-37(38)44/h2-9,12-15,17-24,27,39,42,44H,10-11,16,25-26H2,1H3. The number of ether oxygens (including phenoxy) is 1. The molecule has 0 amide bonds. The number of phenolic OH excluding ortho intramolecular Hbond substituents is 1. The van der Waals surface area contributed by atoms with Crippen LogP contribution in [0.25, 0.3) is 10.9 Å². The average molecular weight is 693 g/mol. The summed E-state index contributed by atoms with van der Waals surface area (Å²) in [4.78, 5) is 11.8. The van der Waals surface area contributed by atoms with Gasteiger partial charge in [-0.15, -0.1) is 0 Å². The Morgan fingerprint density at radius 3 is 2.08 bits per heavy atom. The summed E-state index contributed by atoms with van der Waals surface area (Å²) < 4.78 is 36.5. The molecule has 6 rings (SSSR count). The van der Waals surface area contributed by atoms with Crippen LogP contribution in [0.4, 0.5) is 0 Å². The molecule has 0 saturated heterocycles. The van der Waals surface area contributed by atoms with Crippen molar-refractivity contribution in [3.05, 3.63) is 166 Å². The molecule has 49 heavy (non-hydrogen) atoms. The van der Waals surface area contributed by atoms with Crippen LogP contribution in [0.15, 0.2) is 132 Å². The van der Waals surface area contributed by atoms with Crippen molar-refractivity contribution in [3.8, 4) is 5.75 Å². The van der Waals surface area contributed by atoms with E-state index in [4.69, 9.17) is 16.3 Å². The molecule has 0 aliphatic heterocycles. The maximum Gasteiger partial charge on any atom is 0.337 e. The van der Waals surface area contributed by atoms with Crippen LogP contribution >= 0.6 is 11.6 Å². The highest BCUT2D eigenvalue weighted by Crippen LogP contribution is 2.38. The average Bonchev–Trinajstić information content (AvgIpc) is 3.40. The van der Waals surface area contributed by atoms with Gasteiger partial charge in [-0.1, -0.05) is 96.5 Å². The molecule has 0 aliphatic rings. The second-order valence-electron chi connectivity index (χ2n) is 11.8. The smallest absolute Gasteiger partial charge is 0.337 e. The number of benzene rings is 5. The number of halogens is 1. The topological polar surface area (TPSA) is 97.6 Å². The zero-order valence-corrected chi connectivity index (χ0v) is 28.6. The number of phenols is 1. The van der Waals surface area contributed by atoms with Crippen LogP contribution in [0.3, 0.4) is 0 Å². The van der Waals surface area contributed by atoms with Crippen molar-refractivity contribution in [2.75, 3.05) is 13.7 Å². The molecule has 0 bridgehead atoms. The Morgan fingerprint density at radius 1 is 0.816 bits per heavy atom. The molecule has 1 aromatic heterocycles. The lowest BCUT2D eigenvalue weighted by Crippen LogP contribution is -2.27. The summed E-state index contributed by atoms with van der Waals surface area (Å²) in [6, 6.07) is 39.7. The SMILES string of the molecule is COC(=O)c1ccc(CCCc2c(CCNS(=O)(=O)c3ccccc3O)n(C(c3ccccc3)c3ccccc3)c3ccc(Cl)cc23)cc1. The minimum Gasteiger partial charge on any atom is -0.507 e. The molecule has 0 unspecified atom stereocenters. The van der Waals surface area contributed by atoms with Gasteiger partial charge in [0, 0.05) is 34.6 Å². The van der Waals surface area contributed by atoms with E-state index in [1.165, 1.54) is 19.2 Å². The fourth-order valence-corrected chi connectivity index (χ4v) is 7.77. The van der Waals surface area contributed by atoms with Crippen LogP contribution in [0.2, 0.25) is 5.02 Å². The number of fused-ring (bicyclic) bond motifs is 1. The van der Waals surface area contributed by atoms with E-state index >= 15 is 0 Å². The summed E-state index contributed by atoms with van der Waals surface area (Å²) in [5.41, 5.74) is 6.88. The number of aromatic hydroxyl groups is 1. The summed E-state index contributed by atoms with van der Waals surface area (Å²) in [5.74, 6) is -0.669. The van der Waals surface area contributed by atoms with Gasteiger partial charge >= 0.3 is 5.97 Å². The van der Waals surface area contributed by atoms with Gasteiger partial charge in [0.1, 0.15) is 10.6 Å². The largest absolute Gasteiger partial charge is 0.507 e. The molecule has 9 heteroatoms. The summed E-state index contributed by atoms with van der Waals surface area (Å²) >= 11 is 6.63. The van der Waals surface area contributed by atoms with Crippen LogP contribution in [-0.4, -0.2) is 37.7 Å². The van der Waals surface area contributed by atoms with E-state index < -0.39 is 10.0 Å². The molecule has 7 nitrogen and oxygen atoms in total. The van der Waals surface area contributed by atoms with E-state index in [1.54, 1.807) is 24.3 Å². The van der Waals surface area contributed by atoms with E-state index in [1.807, 2.05) is 66.7 Å². The minimum atomic E-state index is -3.98. The summed E-state index contributed by atoms with van der Waals surface area (Å²) in [6.45, 7) is 0.110. The van der Waals surface area contributed by atoms with Crippen molar-refractivity contribution >= 4 is 38.5 Å². The Kier molecular flexibility index (Phi) is 10.5.